The number of carbonyl (C=O) groups is 1. The van der Waals surface area contributed by atoms with E-state index in [4.69, 9.17) is 0 Å². The van der Waals surface area contributed by atoms with Gasteiger partial charge in [0, 0.05) is 12.7 Å². The maximum atomic E-state index is 13.4. The number of allylic oxidation sites excluding steroid dienone is 1. The smallest absolute Gasteiger partial charge is 0.242 e. The standard InChI is InChI=1S/C24H21NO/c1-25-22-17-9-8-16-21(22)24(23(25)26,20-14-6-3-7-15-20)18-10-13-19-11-4-2-5-12-19/h2-17H,18H2,1H3/b13-10+. The van der Waals surface area contributed by atoms with Crippen molar-refractivity contribution in [1.82, 2.24) is 0 Å². The van der Waals surface area contributed by atoms with Crippen LogP contribution in [0.3, 0.4) is 0 Å². The molecular weight excluding hydrogens is 318 g/mol. The minimum atomic E-state index is -0.669. The van der Waals surface area contributed by atoms with Crippen molar-refractivity contribution in [2.45, 2.75) is 11.8 Å². The summed E-state index contributed by atoms with van der Waals surface area (Å²) in [7, 11) is 1.87. The van der Waals surface area contributed by atoms with Gasteiger partial charge in [-0.2, -0.15) is 0 Å². The summed E-state index contributed by atoms with van der Waals surface area (Å²) in [4.78, 5) is 15.2. The zero-order chi connectivity index (χ0) is 18.0. The molecule has 2 nitrogen and oxygen atoms in total. The lowest BCUT2D eigenvalue weighted by atomic mass is 9.72. The average Bonchev–Trinajstić information content (AvgIpc) is 2.92. The molecule has 0 aromatic heterocycles. The number of benzene rings is 3. The number of para-hydroxylation sites is 1. The van der Waals surface area contributed by atoms with Crippen molar-refractivity contribution in [1.29, 1.82) is 0 Å². The van der Waals surface area contributed by atoms with Gasteiger partial charge < -0.3 is 4.90 Å². The highest BCUT2D eigenvalue weighted by Gasteiger charge is 2.49. The van der Waals surface area contributed by atoms with Gasteiger partial charge in [0.15, 0.2) is 0 Å². The molecule has 3 aromatic carbocycles. The summed E-state index contributed by atoms with van der Waals surface area (Å²) >= 11 is 0. The second-order valence-electron chi connectivity index (χ2n) is 6.67. The summed E-state index contributed by atoms with van der Waals surface area (Å²) in [5, 5.41) is 0. The van der Waals surface area contributed by atoms with Gasteiger partial charge in [-0.1, -0.05) is 91.0 Å². The first-order chi connectivity index (χ1) is 12.7. The molecule has 0 saturated carbocycles. The SMILES string of the molecule is CN1C(=O)C(C/C=C/c2ccccc2)(c2ccccc2)c2ccccc21. The topological polar surface area (TPSA) is 20.3 Å². The molecule has 0 radical (unpaired) electrons. The number of amides is 1. The fourth-order valence-corrected chi connectivity index (χ4v) is 3.89. The van der Waals surface area contributed by atoms with Gasteiger partial charge in [-0.3, -0.25) is 4.79 Å². The summed E-state index contributed by atoms with van der Waals surface area (Å²) in [5.74, 6) is 0.127. The second-order valence-corrected chi connectivity index (χ2v) is 6.67. The zero-order valence-electron chi connectivity index (χ0n) is 14.8. The van der Waals surface area contributed by atoms with Crippen LogP contribution in [-0.2, 0) is 10.2 Å². The van der Waals surface area contributed by atoms with E-state index in [1.165, 1.54) is 0 Å². The number of nitrogens with zero attached hydrogens (tertiary/aromatic N) is 1. The molecule has 4 rings (SSSR count). The second kappa shape index (κ2) is 6.64. The molecule has 0 fully saturated rings. The van der Waals surface area contributed by atoms with E-state index in [1.54, 1.807) is 4.90 Å². The molecule has 26 heavy (non-hydrogen) atoms. The van der Waals surface area contributed by atoms with Gasteiger partial charge >= 0.3 is 0 Å². The number of fused-ring (bicyclic) bond motifs is 1. The van der Waals surface area contributed by atoms with E-state index in [0.717, 1.165) is 22.4 Å². The first-order valence-corrected chi connectivity index (χ1v) is 8.88. The van der Waals surface area contributed by atoms with E-state index >= 15 is 0 Å². The van der Waals surface area contributed by atoms with Crippen LogP contribution in [0.2, 0.25) is 0 Å². The summed E-state index contributed by atoms with van der Waals surface area (Å²) in [6.07, 6.45) is 4.85. The van der Waals surface area contributed by atoms with Crippen molar-refractivity contribution in [3.63, 3.8) is 0 Å². The lowest BCUT2D eigenvalue weighted by Gasteiger charge is -2.28. The Morgan fingerprint density at radius 1 is 0.846 bits per heavy atom. The van der Waals surface area contributed by atoms with Gasteiger partial charge in [-0.25, -0.2) is 0 Å². The molecule has 1 atom stereocenters. The van der Waals surface area contributed by atoms with Crippen LogP contribution in [0, 0.1) is 0 Å². The fraction of sp³-hybridized carbons (Fsp3) is 0.125. The third kappa shape index (κ3) is 2.55. The van der Waals surface area contributed by atoms with E-state index in [0.29, 0.717) is 6.42 Å². The molecule has 0 N–H and O–H groups in total. The highest BCUT2D eigenvalue weighted by Crippen LogP contribution is 2.47. The minimum Gasteiger partial charge on any atom is -0.314 e. The molecule has 1 aliphatic rings. The highest BCUT2D eigenvalue weighted by molar-refractivity contribution is 6.10. The van der Waals surface area contributed by atoms with Crippen molar-refractivity contribution >= 4 is 17.7 Å². The molecule has 3 aromatic rings. The predicted octanol–water partition coefficient (Wildman–Crippen LogP) is 5.05. The fourth-order valence-electron chi connectivity index (χ4n) is 3.89. The summed E-state index contributed by atoms with van der Waals surface area (Å²) in [6.45, 7) is 0. The van der Waals surface area contributed by atoms with Crippen LogP contribution >= 0.6 is 0 Å². The Labute approximate surface area is 154 Å². The van der Waals surface area contributed by atoms with E-state index in [9.17, 15) is 4.79 Å². The highest BCUT2D eigenvalue weighted by atomic mass is 16.2. The molecule has 1 heterocycles. The number of hydrogen-bond acceptors (Lipinski definition) is 1. The van der Waals surface area contributed by atoms with Gasteiger partial charge in [0.2, 0.25) is 5.91 Å². The van der Waals surface area contributed by atoms with Crippen molar-refractivity contribution in [3.8, 4) is 0 Å². The van der Waals surface area contributed by atoms with E-state index in [1.807, 2.05) is 61.6 Å². The normalized spacial score (nSPS) is 19.1. The molecule has 128 valence electrons. The number of carbonyl (C=O) groups excluding carboxylic acids is 1. The van der Waals surface area contributed by atoms with Crippen molar-refractivity contribution < 1.29 is 4.79 Å². The Balaban J connectivity index is 1.82. The van der Waals surface area contributed by atoms with Crippen molar-refractivity contribution in [3.05, 3.63) is 108 Å². The largest absolute Gasteiger partial charge is 0.314 e. The molecule has 0 bridgehead atoms. The lowest BCUT2D eigenvalue weighted by molar-refractivity contribution is -0.121. The first kappa shape index (κ1) is 16.3. The van der Waals surface area contributed by atoms with E-state index in [2.05, 4.69) is 42.5 Å². The Hall–Kier alpha value is -3.13. The van der Waals surface area contributed by atoms with Crippen molar-refractivity contribution in [2.24, 2.45) is 0 Å². The summed E-state index contributed by atoms with van der Waals surface area (Å²) in [6, 6.07) is 28.4. The van der Waals surface area contributed by atoms with Crippen LogP contribution < -0.4 is 4.90 Å². The number of hydrogen-bond donors (Lipinski definition) is 0. The van der Waals surface area contributed by atoms with Gasteiger partial charge in [0.1, 0.15) is 5.41 Å². The number of anilines is 1. The number of likely N-dealkylation sites (N-methyl/N-ethyl adjacent to an activating group) is 1. The molecule has 0 saturated heterocycles. The molecule has 1 amide bonds. The predicted molar refractivity (Wildman–Crippen MR) is 107 cm³/mol. The van der Waals surface area contributed by atoms with Gasteiger partial charge in [0.05, 0.1) is 0 Å². The van der Waals surface area contributed by atoms with Crippen LogP contribution in [0.15, 0.2) is 91.0 Å². The van der Waals surface area contributed by atoms with Crippen LogP contribution in [-0.4, -0.2) is 13.0 Å². The van der Waals surface area contributed by atoms with Crippen molar-refractivity contribution in [2.75, 3.05) is 11.9 Å². The third-order valence-electron chi connectivity index (χ3n) is 5.20. The average molecular weight is 339 g/mol. The van der Waals surface area contributed by atoms with Crippen LogP contribution in [0.25, 0.3) is 6.08 Å². The van der Waals surface area contributed by atoms with Crippen LogP contribution in [0.1, 0.15) is 23.1 Å². The molecular formula is C24H21NO. The van der Waals surface area contributed by atoms with E-state index < -0.39 is 5.41 Å². The summed E-state index contributed by atoms with van der Waals surface area (Å²) < 4.78 is 0. The molecule has 2 heteroatoms. The monoisotopic (exact) mass is 339 g/mol. The number of rotatable bonds is 4. The lowest BCUT2D eigenvalue weighted by Crippen LogP contribution is -2.39. The molecule has 1 aliphatic heterocycles. The minimum absolute atomic E-state index is 0.127. The zero-order valence-corrected chi connectivity index (χ0v) is 14.8. The maximum absolute atomic E-state index is 13.4. The first-order valence-electron chi connectivity index (χ1n) is 8.88. The van der Waals surface area contributed by atoms with Gasteiger partial charge in [0.25, 0.3) is 0 Å². The molecule has 0 spiro atoms. The maximum Gasteiger partial charge on any atom is 0.242 e. The molecule has 1 unspecified atom stereocenters. The van der Waals surface area contributed by atoms with Gasteiger partial charge in [-0.15, -0.1) is 0 Å². The summed E-state index contributed by atoms with van der Waals surface area (Å²) in [5.41, 5.74) is 3.59. The Morgan fingerprint density at radius 3 is 2.19 bits per heavy atom. The Morgan fingerprint density at radius 2 is 1.46 bits per heavy atom. The van der Waals surface area contributed by atoms with Gasteiger partial charge in [-0.05, 0) is 29.2 Å². The van der Waals surface area contributed by atoms with Crippen LogP contribution in [0.4, 0.5) is 5.69 Å². The third-order valence-corrected chi connectivity index (χ3v) is 5.20. The Bertz CT molecular complexity index is 946. The quantitative estimate of drug-likeness (QED) is 0.651. The Kier molecular flexibility index (Phi) is 4.18. The molecule has 0 aliphatic carbocycles. The van der Waals surface area contributed by atoms with E-state index in [-0.39, 0.29) is 5.91 Å². The van der Waals surface area contributed by atoms with Crippen LogP contribution in [0.5, 0.6) is 0 Å².